The van der Waals surface area contributed by atoms with Crippen LogP contribution in [0.3, 0.4) is 0 Å². The summed E-state index contributed by atoms with van der Waals surface area (Å²) in [5.74, 6) is -0.00204. The minimum absolute atomic E-state index is 0.00204. The molecule has 0 aliphatic heterocycles. The summed E-state index contributed by atoms with van der Waals surface area (Å²) in [7, 11) is 0. The van der Waals surface area contributed by atoms with Crippen molar-refractivity contribution in [3.05, 3.63) is 21.9 Å². The van der Waals surface area contributed by atoms with Crippen molar-refractivity contribution < 1.29 is 4.79 Å². The summed E-state index contributed by atoms with van der Waals surface area (Å²) in [6.45, 7) is 7.26. The van der Waals surface area contributed by atoms with E-state index in [4.69, 9.17) is 5.73 Å². The highest BCUT2D eigenvalue weighted by Crippen LogP contribution is 2.12. The maximum Gasteiger partial charge on any atom is 0.252 e. The Morgan fingerprint density at radius 2 is 2.20 bits per heavy atom. The molecule has 0 fully saturated rings. The van der Waals surface area contributed by atoms with Crippen LogP contribution in [0.2, 0.25) is 0 Å². The molecule has 0 aromatic carbocycles. The van der Waals surface area contributed by atoms with Crippen LogP contribution in [0.15, 0.2) is 11.4 Å². The average molecular weight is 228 g/mol. The molecule has 0 bridgehead atoms. The summed E-state index contributed by atoms with van der Waals surface area (Å²) in [5.41, 5.74) is 6.06. The minimum Gasteiger partial charge on any atom is -0.352 e. The summed E-state index contributed by atoms with van der Waals surface area (Å²) in [5, 5.41) is 4.67. The van der Waals surface area contributed by atoms with Gasteiger partial charge in [0.25, 0.3) is 5.91 Å². The molecule has 0 spiro atoms. The summed E-state index contributed by atoms with van der Waals surface area (Å²) in [6.07, 6.45) is 0.828. The lowest BCUT2D eigenvalue weighted by Gasteiger charge is -2.00. The van der Waals surface area contributed by atoms with E-state index < -0.39 is 0 Å². The van der Waals surface area contributed by atoms with Crippen molar-refractivity contribution in [1.82, 2.24) is 5.32 Å². The topological polar surface area (TPSA) is 55.1 Å². The van der Waals surface area contributed by atoms with Gasteiger partial charge in [-0.2, -0.15) is 0 Å². The highest BCUT2D eigenvalue weighted by Gasteiger charge is 2.05. The molecule has 1 aromatic rings. The Hall–Kier alpha value is -0.870. The second-order valence-electron chi connectivity index (χ2n) is 2.84. The van der Waals surface area contributed by atoms with Crippen LogP contribution in [0.5, 0.6) is 0 Å². The zero-order valence-electron chi connectivity index (χ0n) is 9.67. The lowest BCUT2D eigenvalue weighted by atomic mass is 10.3. The highest BCUT2D eigenvalue weighted by molar-refractivity contribution is 7.10. The third-order valence-electron chi connectivity index (χ3n) is 1.66. The van der Waals surface area contributed by atoms with Crippen molar-refractivity contribution in [2.24, 2.45) is 5.73 Å². The molecule has 0 atom stereocenters. The van der Waals surface area contributed by atoms with E-state index in [0.717, 1.165) is 16.9 Å². The summed E-state index contributed by atoms with van der Waals surface area (Å²) in [4.78, 5) is 12.5. The fraction of sp³-hybridized carbons (Fsp3) is 0.545. The number of hydrogen-bond acceptors (Lipinski definition) is 3. The molecule has 3 N–H and O–H groups in total. The third-order valence-corrected chi connectivity index (χ3v) is 2.52. The molecule has 0 aliphatic carbocycles. The largest absolute Gasteiger partial charge is 0.352 e. The van der Waals surface area contributed by atoms with E-state index in [0.29, 0.717) is 13.1 Å². The Kier molecular flexibility index (Phi) is 7.95. The Labute approximate surface area is 95.7 Å². The monoisotopic (exact) mass is 228 g/mol. The zero-order chi connectivity index (χ0) is 11.7. The van der Waals surface area contributed by atoms with Crippen molar-refractivity contribution in [3.63, 3.8) is 0 Å². The fourth-order valence-corrected chi connectivity index (χ4v) is 1.65. The van der Waals surface area contributed by atoms with Crippen LogP contribution in [-0.2, 0) is 0 Å². The van der Waals surface area contributed by atoms with E-state index in [1.165, 1.54) is 0 Å². The van der Waals surface area contributed by atoms with Crippen LogP contribution in [0.25, 0.3) is 0 Å². The number of thiophene rings is 1. The quantitative estimate of drug-likeness (QED) is 0.776. The summed E-state index contributed by atoms with van der Waals surface area (Å²) < 4.78 is 0. The summed E-state index contributed by atoms with van der Waals surface area (Å²) in [6, 6.07) is 1.89. The predicted octanol–water partition coefficient (Wildman–Crippen LogP) is 2.16. The molecular formula is C11H20N2OS. The summed E-state index contributed by atoms with van der Waals surface area (Å²) >= 11 is 1.59. The number of hydrogen-bond donors (Lipinski definition) is 2. The molecule has 86 valence electrons. The molecule has 0 radical (unpaired) electrons. The number of carbonyl (C=O) groups is 1. The number of amides is 1. The first-order chi connectivity index (χ1) is 7.24. The van der Waals surface area contributed by atoms with Gasteiger partial charge in [-0.3, -0.25) is 4.79 Å². The fourth-order valence-electron chi connectivity index (χ4n) is 0.969. The van der Waals surface area contributed by atoms with Crippen LogP contribution in [0.4, 0.5) is 0 Å². The van der Waals surface area contributed by atoms with Crippen LogP contribution in [0.1, 0.15) is 35.5 Å². The van der Waals surface area contributed by atoms with Crippen molar-refractivity contribution in [1.29, 1.82) is 0 Å². The third kappa shape index (κ3) is 5.54. The van der Waals surface area contributed by atoms with Gasteiger partial charge in [-0.25, -0.2) is 0 Å². The van der Waals surface area contributed by atoms with Crippen LogP contribution >= 0.6 is 11.3 Å². The normalized spacial score (nSPS) is 9.07. The second-order valence-corrected chi connectivity index (χ2v) is 3.96. The van der Waals surface area contributed by atoms with Crippen LogP contribution in [0, 0.1) is 6.92 Å². The van der Waals surface area contributed by atoms with Crippen molar-refractivity contribution in [2.45, 2.75) is 27.2 Å². The van der Waals surface area contributed by atoms with Gasteiger partial charge in [-0.15, -0.1) is 11.3 Å². The van der Waals surface area contributed by atoms with Crippen molar-refractivity contribution in [2.75, 3.05) is 13.1 Å². The number of nitrogens with one attached hydrogen (secondary N) is 1. The minimum atomic E-state index is -0.00204. The molecule has 0 saturated carbocycles. The first kappa shape index (κ1) is 14.1. The Morgan fingerprint density at radius 1 is 1.53 bits per heavy atom. The Bertz CT molecular complexity index is 284. The molecule has 0 unspecified atom stereocenters. The van der Waals surface area contributed by atoms with E-state index >= 15 is 0 Å². The molecular weight excluding hydrogens is 208 g/mol. The van der Waals surface area contributed by atoms with Gasteiger partial charge in [-0.1, -0.05) is 13.8 Å². The highest BCUT2D eigenvalue weighted by atomic mass is 32.1. The first-order valence-corrected chi connectivity index (χ1v) is 6.15. The van der Waals surface area contributed by atoms with E-state index in [1.807, 2.05) is 32.2 Å². The van der Waals surface area contributed by atoms with Gasteiger partial charge >= 0.3 is 0 Å². The van der Waals surface area contributed by atoms with Crippen LogP contribution in [-0.4, -0.2) is 19.0 Å². The molecule has 4 heteroatoms. The number of rotatable bonds is 4. The van der Waals surface area contributed by atoms with Crippen LogP contribution < -0.4 is 11.1 Å². The maximum absolute atomic E-state index is 11.4. The molecule has 3 nitrogen and oxygen atoms in total. The average Bonchev–Trinajstić information content (AvgIpc) is 2.68. The number of aryl methyl sites for hydroxylation is 1. The smallest absolute Gasteiger partial charge is 0.252 e. The molecule has 0 saturated heterocycles. The second kappa shape index (κ2) is 8.44. The lowest BCUT2D eigenvalue weighted by molar-refractivity contribution is 0.0954. The molecule has 15 heavy (non-hydrogen) atoms. The molecule has 1 aromatic heterocycles. The first-order valence-electron chi connectivity index (χ1n) is 5.27. The van der Waals surface area contributed by atoms with E-state index in [-0.39, 0.29) is 5.91 Å². The molecule has 1 heterocycles. The van der Waals surface area contributed by atoms with Gasteiger partial charge in [0.2, 0.25) is 0 Å². The Balaban J connectivity index is 0.000000921. The number of nitrogens with two attached hydrogens (primary N) is 1. The molecule has 0 aliphatic rings. The predicted molar refractivity (Wildman–Crippen MR) is 66.4 cm³/mol. The maximum atomic E-state index is 11.4. The SMILES string of the molecule is CC.Cc1cc(C(=O)NCCCN)cs1. The van der Waals surface area contributed by atoms with Gasteiger partial charge in [0.1, 0.15) is 0 Å². The lowest BCUT2D eigenvalue weighted by Crippen LogP contribution is -2.25. The molecule has 1 amide bonds. The van der Waals surface area contributed by atoms with Gasteiger partial charge in [0, 0.05) is 16.8 Å². The van der Waals surface area contributed by atoms with Gasteiger partial charge < -0.3 is 11.1 Å². The van der Waals surface area contributed by atoms with E-state index in [1.54, 1.807) is 11.3 Å². The number of carbonyl (C=O) groups excluding carboxylic acids is 1. The van der Waals surface area contributed by atoms with E-state index in [2.05, 4.69) is 5.32 Å². The van der Waals surface area contributed by atoms with Crippen molar-refractivity contribution >= 4 is 17.2 Å². The standard InChI is InChI=1S/C9H14N2OS.C2H6/c1-7-5-8(6-13-7)9(12)11-4-2-3-10;1-2/h5-6H,2-4,10H2,1H3,(H,11,12);1-2H3. The van der Waals surface area contributed by atoms with Crippen molar-refractivity contribution in [3.8, 4) is 0 Å². The van der Waals surface area contributed by atoms with Gasteiger partial charge in [-0.05, 0) is 26.0 Å². The Morgan fingerprint density at radius 3 is 2.67 bits per heavy atom. The van der Waals surface area contributed by atoms with Gasteiger partial charge in [0.05, 0.1) is 5.56 Å². The van der Waals surface area contributed by atoms with Gasteiger partial charge in [0.15, 0.2) is 0 Å². The molecule has 1 rings (SSSR count). The van der Waals surface area contributed by atoms with E-state index in [9.17, 15) is 4.79 Å². The zero-order valence-corrected chi connectivity index (χ0v) is 10.5.